The van der Waals surface area contributed by atoms with Crippen LogP contribution in [0.1, 0.15) is 45.2 Å². The molecule has 8 nitrogen and oxygen atoms in total. The van der Waals surface area contributed by atoms with Crippen LogP contribution >= 0.6 is 0 Å². The van der Waals surface area contributed by atoms with Crippen LogP contribution in [0.5, 0.6) is 5.75 Å². The Morgan fingerprint density at radius 2 is 1.72 bits per heavy atom. The summed E-state index contributed by atoms with van der Waals surface area (Å²) < 4.78 is 45.4. The van der Waals surface area contributed by atoms with E-state index in [4.69, 9.17) is 4.74 Å². The molecule has 0 radical (unpaired) electrons. The smallest absolute Gasteiger partial charge is 0.244 e. The van der Waals surface area contributed by atoms with Crippen molar-refractivity contribution in [2.24, 2.45) is 0 Å². The lowest BCUT2D eigenvalue weighted by Crippen LogP contribution is -2.55. The van der Waals surface area contributed by atoms with Crippen molar-refractivity contribution in [2.45, 2.75) is 59.2 Å². The number of nitrogens with one attached hydrogen (secondary N) is 1. The fourth-order valence-electron chi connectivity index (χ4n) is 3.75. The quantitative estimate of drug-likeness (QED) is 0.515. The maximum absolute atomic E-state index is 13.7. The van der Waals surface area contributed by atoms with Gasteiger partial charge in [-0.2, -0.15) is 0 Å². The van der Waals surface area contributed by atoms with Gasteiger partial charge in [0.1, 0.15) is 24.2 Å². The molecule has 0 aliphatic heterocycles. The van der Waals surface area contributed by atoms with Gasteiger partial charge in [0, 0.05) is 12.1 Å². The van der Waals surface area contributed by atoms with E-state index in [0.717, 1.165) is 16.1 Å². The number of ether oxygens (including phenoxy) is 1. The van der Waals surface area contributed by atoms with E-state index in [0.29, 0.717) is 17.7 Å². The molecule has 1 atom stereocenters. The van der Waals surface area contributed by atoms with E-state index in [-0.39, 0.29) is 18.1 Å². The van der Waals surface area contributed by atoms with Crippen LogP contribution in [0.15, 0.2) is 42.5 Å². The first kappa shape index (κ1) is 29.1. The molecular formula is C26H36FN3O5S. The lowest BCUT2D eigenvalue weighted by molar-refractivity contribution is -0.141. The van der Waals surface area contributed by atoms with Gasteiger partial charge in [-0.05, 0) is 69.5 Å². The highest BCUT2D eigenvalue weighted by Gasteiger charge is 2.33. The van der Waals surface area contributed by atoms with Crippen molar-refractivity contribution >= 4 is 27.5 Å². The molecular weight excluding hydrogens is 485 g/mol. The molecule has 0 fully saturated rings. The molecule has 36 heavy (non-hydrogen) atoms. The maximum Gasteiger partial charge on any atom is 0.244 e. The van der Waals surface area contributed by atoms with E-state index in [1.165, 1.54) is 36.3 Å². The largest absolute Gasteiger partial charge is 0.495 e. The predicted molar refractivity (Wildman–Crippen MR) is 139 cm³/mol. The van der Waals surface area contributed by atoms with Gasteiger partial charge in [-0.25, -0.2) is 12.8 Å². The summed E-state index contributed by atoms with van der Waals surface area (Å²) in [4.78, 5) is 28.2. The van der Waals surface area contributed by atoms with Crippen molar-refractivity contribution in [1.82, 2.24) is 10.2 Å². The van der Waals surface area contributed by atoms with E-state index >= 15 is 0 Å². The third-order valence-electron chi connectivity index (χ3n) is 5.43. The van der Waals surface area contributed by atoms with Crippen LogP contribution in [-0.2, 0) is 26.2 Å². The summed E-state index contributed by atoms with van der Waals surface area (Å²) in [7, 11) is -2.48. The van der Waals surface area contributed by atoms with Crippen LogP contribution in [0, 0.1) is 12.7 Å². The van der Waals surface area contributed by atoms with Gasteiger partial charge >= 0.3 is 0 Å². The van der Waals surface area contributed by atoms with Crippen LogP contribution in [0.25, 0.3) is 0 Å². The Morgan fingerprint density at radius 1 is 1.11 bits per heavy atom. The normalized spacial score (nSPS) is 12.6. The van der Waals surface area contributed by atoms with Crippen molar-refractivity contribution in [3.05, 3.63) is 59.4 Å². The standard InChI is InChI=1S/C26H36FN3O5S/c1-8-21(25(32)28-26(3,4)5)29(16-19-10-12-20(27)13-11-19)24(31)17-30(36(7,33)34)22-15-18(2)9-14-23(22)35-6/h9-15,21H,8,16-17H2,1-7H3,(H,28,32). The first-order valence-electron chi connectivity index (χ1n) is 11.6. The summed E-state index contributed by atoms with van der Waals surface area (Å²) in [5.74, 6) is -1.07. The summed E-state index contributed by atoms with van der Waals surface area (Å²) in [5.41, 5.74) is 1.07. The summed E-state index contributed by atoms with van der Waals surface area (Å²) in [5, 5.41) is 2.90. The van der Waals surface area contributed by atoms with E-state index < -0.39 is 39.9 Å². The van der Waals surface area contributed by atoms with Crippen molar-refractivity contribution < 1.29 is 27.1 Å². The minimum absolute atomic E-state index is 0.00224. The number of halogens is 1. The van der Waals surface area contributed by atoms with Gasteiger partial charge in [0.05, 0.1) is 19.1 Å². The Bertz CT molecular complexity index is 1180. The summed E-state index contributed by atoms with van der Waals surface area (Å²) >= 11 is 0. The molecule has 0 aliphatic rings. The molecule has 1 N–H and O–H groups in total. The Hall–Kier alpha value is -3.14. The number of carbonyl (C=O) groups is 2. The molecule has 198 valence electrons. The average molecular weight is 522 g/mol. The number of carbonyl (C=O) groups excluding carboxylic acids is 2. The number of hydrogen-bond acceptors (Lipinski definition) is 5. The Kier molecular flexibility index (Phi) is 9.48. The first-order valence-corrected chi connectivity index (χ1v) is 13.5. The van der Waals surface area contributed by atoms with Gasteiger partial charge < -0.3 is 15.0 Å². The fraction of sp³-hybridized carbons (Fsp3) is 0.462. The molecule has 2 aromatic rings. The predicted octanol–water partition coefficient (Wildman–Crippen LogP) is 3.63. The number of anilines is 1. The molecule has 1 unspecified atom stereocenters. The van der Waals surface area contributed by atoms with Crippen LogP contribution in [0.4, 0.5) is 10.1 Å². The zero-order chi connectivity index (χ0) is 27.3. The van der Waals surface area contributed by atoms with Crippen LogP contribution in [-0.4, -0.2) is 56.6 Å². The minimum atomic E-state index is -3.90. The highest BCUT2D eigenvalue weighted by atomic mass is 32.2. The van der Waals surface area contributed by atoms with Crippen molar-refractivity contribution in [3.63, 3.8) is 0 Å². The van der Waals surface area contributed by atoms with Gasteiger partial charge in [0.15, 0.2) is 0 Å². The molecule has 0 bridgehead atoms. The second-order valence-electron chi connectivity index (χ2n) is 9.76. The molecule has 0 spiro atoms. The second kappa shape index (κ2) is 11.7. The third kappa shape index (κ3) is 7.94. The fourth-order valence-corrected chi connectivity index (χ4v) is 4.59. The van der Waals surface area contributed by atoms with Gasteiger partial charge in [0.2, 0.25) is 21.8 Å². The lowest BCUT2D eigenvalue weighted by atomic mass is 10.1. The zero-order valence-corrected chi connectivity index (χ0v) is 22.8. The van der Waals surface area contributed by atoms with E-state index in [2.05, 4.69) is 5.32 Å². The van der Waals surface area contributed by atoms with Crippen molar-refractivity contribution in [1.29, 1.82) is 0 Å². The van der Waals surface area contributed by atoms with Gasteiger partial charge in [-0.1, -0.05) is 25.1 Å². The Morgan fingerprint density at radius 3 is 2.22 bits per heavy atom. The van der Waals surface area contributed by atoms with E-state index in [1.807, 2.05) is 20.8 Å². The van der Waals surface area contributed by atoms with Crippen molar-refractivity contribution in [3.8, 4) is 5.75 Å². The van der Waals surface area contributed by atoms with Gasteiger partial charge in [-0.15, -0.1) is 0 Å². The molecule has 10 heteroatoms. The summed E-state index contributed by atoms with van der Waals surface area (Å²) in [6, 6.07) is 9.77. The number of benzene rings is 2. The maximum atomic E-state index is 13.7. The van der Waals surface area contributed by atoms with E-state index in [9.17, 15) is 22.4 Å². The molecule has 2 rings (SSSR count). The van der Waals surface area contributed by atoms with Gasteiger partial charge in [-0.3, -0.25) is 13.9 Å². The topological polar surface area (TPSA) is 96.0 Å². The molecule has 0 aliphatic carbocycles. The van der Waals surface area contributed by atoms with Crippen LogP contribution < -0.4 is 14.4 Å². The first-order chi connectivity index (χ1) is 16.7. The highest BCUT2D eigenvalue weighted by molar-refractivity contribution is 7.92. The van der Waals surface area contributed by atoms with E-state index in [1.54, 1.807) is 32.0 Å². The Labute approximate surface area is 213 Å². The molecule has 0 saturated heterocycles. The zero-order valence-electron chi connectivity index (χ0n) is 22.0. The molecule has 0 heterocycles. The van der Waals surface area contributed by atoms with Crippen molar-refractivity contribution in [2.75, 3.05) is 24.2 Å². The monoisotopic (exact) mass is 521 g/mol. The molecule has 0 saturated carbocycles. The number of amides is 2. The lowest BCUT2D eigenvalue weighted by Gasteiger charge is -2.34. The number of nitrogens with zero attached hydrogens (tertiary/aromatic N) is 2. The van der Waals surface area contributed by atoms with Crippen LogP contribution in [0.2, 0.25) is 0 Å². The summed E-state index contributed by atoms with van der Waals surface area (Å²) in [6.45, 7) is 8.53. The highest BCUT2D eigenvalue weighted by Crippen LogP contribution is 2.31. The number of aryl methyl sites for hydroxylation is 1. The Balaban J connectivity index is 2.52. The minimum Gasteiger partial charge on any atom is -0.495 e. The SMILES string of the molecule is CCC(C(=O)NC(C)(C)C)N(Cc1ccc(F)cc1)C(=O)CN(c1cc(C)ccc1OC)S(C)(=O)=O. The summed E-state index contributed by atoms with van der Waals surface area (Å²) in [6.07, 6.45) is 1.30. The molecule has 2 amide bonds. The third-order valence-corrected chi connectivity index (χ3v) is 6.56. The molecule has 2 aromatic carbocycles. The number of methoxy groups -OCH3 is 1. The second-order valence-corrected chi connectivity index (χ2v) is 11.7. The molecule has 0 aromatic heterocycles. The number of sulfonamides is 1. The van der Waals surface area contributed by atoms with Gasteiger partial charge in [0.25, 0.3) is 0 Å². The average Bonchev–Trinajstić information content (AvgIpc) is 2.76. The van der Waals surface area contributed by atoms with Crippen LogP contribution in [0.3, 0.4) is 0 Å². The number of rotatable bonds is 10. The number of hydrogen-bond donors (Lipinski definition) is 1.